The van der Waals surface area contributed by atoms with Crippen molar-refractivity contribution < 1.29 is 14.7 Å². The SMILES string of the molecule is COC(=O)N1c2ccc(C(C)C)cc2C=CC1C(N)=NO. The zero-order chi connectivity index (χ0) is 15.6. The number of nitrogens with two attached hydrogens (primary N) is 1. The number of methoxy groups -OCH3 is 1. The van der Waals surface area contributed by atoms with Gasteiger partial charge in [0.05, 0.1) is 12.8 Å². The van der Waals surface area contributed by atoms with E-state index in [1.165, 1.54) is 17.6 Å². The number of hydrogen-bond donors (Lipinski definition) is 2. The molecule has 0 bridgehead atoms. The highest BCUT2D eigenvalue weighted by Crippen LogP contribution is 2.32. The Morgan fingerprint density at radius 1 is 1.48 bits per heavy atom. The lowest BCUT2D eigenvalue weighted by atomic mass is 9.96. The maximum absolute atomic E-state index is 12.1. The van der Waals surface area contributed by atoms with Gasteiger partial charge in [-0.2, -0.15) is 0 Å². The standard InChI is InChI=1S/C15H19N3O3/c1-9(2)10-4-6-12-11(8-10)5-7-13(14(16)17-20)18(12)15(19)21-3/h4-9,13,20H,1-3H3,(H2,16,17). The number of nitrogens with zero attached hydrogens (tertiary/aromatic N) is 2. The molecule has 1 unspecified atom stereocenters. The van der Waals surface area contributed by atoms with E-state index in [0.29, 0.717) is 11.6 Å². The Kier molecular flexibility index (Phi) is 4.16. The highest BCUT2D eigenvalue weighted by Gasteiger charge is 2.31. The quantitative estimate of drug-likeness (QED) is 0.379. The van der Waals surface area contributed by atoms with E-state index in [4.69, 9.17) is 15.7 Å². The fourth-order valence-electron chi connectivity index (χ4n) is 2.32. The molecular formula is C15H19N3O3. The van der Waals surface area contributed by atoms with Gasteiger partial charge in [-0.3, -0.25) is 4.90 Å². The van der Waals surface area contributed by atoms with Crippen molar-refractivity contribution in [3.8, 4) is 0 Å². The molecule has 1 amide bonds. The summed E-state index contributed by atoms with van der Waals surface area (Å²) in [5, 5.41) is 11.9. The molecule has 6 heteroatoms. The molecule has 1 heterocycles. The molecule has 0 aliphatic carbocycles. The van der Waals surface area contributed by atoms with E-state index in [-0.39, 0.29) is 5.84 Å². The highest BCUT2D eigenvalue weighted by molar-refractivity contribution is 6.03. The van der Waals surface area contributed by atoms with Crippen LogP contribution in [0.2, 0.25) is 0 Å². The molecule has 112 valence electrons. The Hall–Kier alpha value is -2.50. The number of rotatable bonds is 2. The topological polar surface area (TPSA) is 88.2 Å². The van der Waals surface area contributed by atoms with Gasteiger partial charge in [-0.15, -0.1) is 0 Å². The minimum Gasteiger partial charge on any atom is -0.452 e. The lowest BCUT2D eigenvalue weighted by Gasteiger charge is -2.32. The first-order valence-corrected chi connectivity index (χ1v) is 6.66. The average Bonchev–Trinajstić information content (AvgIpc) is 2.51. The predicted molar refractivity (Wildman–Crippen MR) is 81.6 cm³/mol. The fourth-order valence-corrected chi connectivity index (χ4v) is 2.32. The summed E-state index contributed by atoms with van der Waals surface area (Å²) >= 11 is 0. The molecule has 2 rings (SSSR count). The number of amides is 1. The average molecular weight is 289 g/mol. The summed E-state index contributed by atoms with van der Waals surface area (Å²) < 4.78 is 4.81. The summed E-state index contributed by atoms with van der Waals surface area (Å²) in [7, 11) is 1.30. The number of oxime groups is 1. The van der Waals surface area contributed by atoms with E-state index in [9.17, 15) is 4.79 Å². The van der Waals surface area contributed by atoms with Crippen LogP contribution >= 0.6 is 0 Å². The van der Waals surface area contributed by atoms with Gasteiger partial charge in [0.2, 0.25) is 0 Å². The third-order valence-electron chi connectivity index (χ3n) is 3.50. The summed E-state index contributed by atoms with van der Waals surface area (Å²) in [6, 6.07) is 5.17. The first kappa shape index (κ1) is 14.9. The van der Waals surface area contributed by atoms with Crippen LogP contribution in [0.1, 0.15) is 30.9 Å². The van der Waals surface area contributed by atoms with Crippen LogP contribution in [0.15, 0.2) is 29.4 Å². The second-order valence-electron chi connectivity index (χ2n) is 5.14. The number of amidine groups is 1. The maximum atomic E-state index is 12.1. The van der Waals surface area contributed by atoms with E-state index < -0.39 is 12.1 Å². The smallest absolute Gasteiger partial charge is 0.414 e. The van der Waals surface area contributed by atoms with Gasteiger partial charge < -0.3 is 15.7 Å². The number of anilines is 1. The molecule has 6 nitrogen and oxygen atoms in total. The van der Waals surface area contributed by atoms with Crippen molar-refractivity contribution in [2.45, 2.75) is 25.8 Å². The normalized spacial score (nSPS) is 17.8. The van der Waals surface area contributed by atoms with Gasteiger partial charge in [0.1, 0.15) is 6.04 Å². The van der Waals surface area contributed by atoms with Crippen LogP contribution in [0.3, 0.4) is 0 Å². The summed E-state index contributed by atoms with van der Waals surface area (Å²) in [6.07, 6.45) is 3.01. The summed E-state index contributed by atoms with van der Waals surface area (Å²) in [4.78, 5) is 13.4. The molecular weight excluding hydrogens is 270 g/mol. The van der Waals surface area contributed by atoms with Crippen LogP contribution in [0, 0.1) is 0 Å². The molecule has 0 spiro atoms. The van der Waals surface area contributed by atoms with Crippen molar-refractivity contribution in [2.75, 3.05) is 12.0 Å². The minimum absolute atomic E-state index is 0.0739. The molecule has 0 saturated heterocycles. The van der Waals surface area contributed by atoms with Crippen LogP contribution in [0.25, 0.3) is 6.08 Å². The molecule has 0 saturated carbocycles. The van der Waals surface area contributed by atoms with Gasteiger partial charge in [-0.05, 0) is 29.2 Å². The molecule has 3 N–H and O–H groups in total. The lowest BCUT2D eigenvalue weighted by molar-refractivity contribution is 0.178. The van der Waals surface area contributed by atoms with Crippen molar-refractivity contribution in [1.82, 2.24) is 0 Å². The fraction of sp³-hybridized carbons (Fsp3) is 0.333. The number of hydrogen-bond acceptors (Lipinski definition) is 4. The highest BCUT2D eigenvalue weighted by atomic mass is 16.5. The van der Waals surface area contributed by atoms with Crippen LogP contribution in [0.4, 0.5) is 10.5 Å². The number of carbonyl (C=O) groups excluding carboxylic acids is 1. The van der Waals surface area contributed by atoms with E-state index >= 15 is 0 Å². The second-order valence-corrected chi connectivity index (χ2v) is 5.14. The second kappa shape index (κ2) is 5.87. The summed E-state index contributed by atoms with van der Waals surface area (Å²) in [6.45, 7) is 4.21. The number of ether oxygens (including phenoxy) is 1. The Balaban J connectivity index is 2.53. The molecule has 0 radical (unpaired) electrons. The van der Waals surface area contributed by atoms with Crippen LogP contribution in [-0.4, -0.2) is 30.3 Å². The van der Waals surface area contributed by atoms with E-state index in [1.54, 1.807) is 6.08 Å². The lowest BCUT2D eigenvalue weighted by Crippen LogP contribution is -2.48. The Morgan fingerprint density at radius 3 is 2.76 bits per heavy atom. The molecule has 1 aliphatic rings. The molecule has 0 aromatic heterocycles. The van der Waals surface area contributed by atoms with E-state index in [1.807, 2.05) is 24.3 Å². The van der Waals surface area contributed by atoms with Crippen molar-refractivity contribution in [1.29, 1.82) is 0 Å². The Morgan fingerprint density at radius 2 is 2.19 bits per heavy atom. The van der Waals surface area contributed by atoms with Gasteiger partial charge in [0.25, 0.3) is 0 Å². The summed E-state index contributed by atoms with van der Waals surface area (Å²) in [5.41, 5.74) is 8.41. The monoisotopic (exact) mass is 289 g/mol. The Bertz CT molecular complexity index is 608. The van der Waals surface area contributed by atoms with Gasteiger partial charge in [-0.1, -0.05) is 37.2 Å². The molecule has 1 aromatic rings. The van der Waals surface area contributed by atoms with Gasteiger partial charge in [0, 0.05) is 0 Å². The predicted octanol–water partition coefficient (Wildman–Crippen LogP) is 2.52. The molecule has 1 atom stereocenters. The number of benzene rings is 1. The summed E-state index contributed by atoms with van der Waals surface area (Å²) in [5.74, 6) is 0.312. The largest absolute Gasteiger partial charge is 0.452 e. The zero-order valence-electron chi connectivity index (χ0n) is 12.3. The van der Waals surface area contributed by atoms with Crippen LogP contribution in [0.5, 0.6) is 0 Å². The molecule has 0 fully saturated rings. The van der Waals surface area contributed by atoms with E-state index in [2.05, 4.69) is 19.0 Å². The van der Waals surface area contributed by atoms with Crippen molar-refractivity contribution in [3.63, 3.8) is 0 Å². The minimum atomic E-state index is -0.667. The van der Waals surface area contributed by atoms with Crippen molar-refractivity contribution in [3.05, 3.63) is 35.4 Å². The van der Waals surface area contributed by atoms with E-state index in [0.717, 1.165) is 5.56 Å². The molecule has 1 aliphatic heterocycles. The third-order valence-corrected chi connectivity index (χ3v) is 3.50. The third kappa shape index (κ3) is 2.69. The zero-order valence-corrected chi connectivity index (χ0v) is 12.3. The Labute approximate surface area is 123 Å². The maximum Gasteiger partial charge on any atom is 0.414 e. The number of fused-ring (bicyclic) bond motifs is 1. The van der Waals surface area contributed by atoms with Gasteiger partial charge in [0.15, 0.2) is 5.84 Å². The van der Waals surface area contributed by atoms with Crippen LogP contribution < -0.4 is 10.6 Å². The van der Waals surface area contributed by atoms with Crippen LogP contribution in [-0.2, 0) is 4.74 Å². The van der Waals surface area contributed by atoms with Crippen molar-refractivity contribution >= 4 is 23.7 Å². The number of carbonyl (C=O) groups is 1. The van der Waals surface area contributed by atoms with Gasteiger partial charge in [-0.25, -0.2) is 4.79 Å². The first-order chi connectivity index (χ1) is 9.99. The first-order valence-electron chi connectivity index (χ1n) is 6.66. The molecule has 21 heavy (non-hydrogen) atoms. The van der Waals surface area contributed by atoms with Crippen molar-refractivity contribution in [2.24, 2.45) is 10.9 Å². The van der Waals surface area contributed by atoms with Gasteiger partial charge >= 0.3 is 6.09 Å². The molecule has 1 aromatic carbocycles.